The molecule has 0 saturated carbocycles. The van der Waals surface area contributed by atoms with E-state index in [9.17, 15) is 13.2 Å². The highest BCUT2D eigenvalue weighted by molar-refractivity contribution is 7.89. The molecule has 0 aromatic heterocycles. The van der Waals surface area contributed by atoms with Crippen LogP contribution in [-0.2, 0) is 21.2 Å². The molecule has 2 aromatic rings. The summed E-state index contributed by atoms with van der Waals surface area (Å²) in [6, 6.07) is 12.5. The van der Waals surface area contributed by atoms with Gasteiger partial charge in [0.2, 0.25) is 15.9 Å². The molecule has 0 aliphatic carbocycles. The number of aryl methyl sites for hydroxylation is 2. The maximum absolute atomic E-state index is 12.5. The van der Waals surface area contributed by atoms with Crippen LogP contribution in [0.2, 0.25) is 0 Å². The van der Waals surface area contributed by atoms with Gasteiger partial charge in [-0.2, -0.15) is 0 Å². The lowest BCUT2D eigenvalue weighted by molar-refractivity contribution is -0.116. The Labute approximate surface area is 160 Å². The fraction of sp³-hybridized carbons (Fsp3) is 0.350. The molecule has 1 amide bonds. The van der Waals surface area contributed by atoms with Gasteiger partial charge < -0.3 is 9.64 Å². The summed E-state index contributed by atoms with van der Waals surface area (Å²) < 4.78 is 33.2. The number of carbonyl (C=O) groups is 1. The molecule has 1 aliphatic rings. The Hall–Kier alpha value is -2.38. The van der Waals surface area contributed by atoms with Gasteiger partial charge in [0.15, 0.2) is 0 Å². The molecule has 3 rings (SSSR count). The first-order valence-electron chi connectivity index (χ1n) is 8.97. The van der Waals surface area contributed by atoms with Crippen molar-refractivity contribution in [3.8, 4) is 5.75 Å². The Bertz CT molecular complexity index is 923. The molecular weight excluding hydrogens is 364 g/mol. The van der Waals surface area contributed by atoms with Gasteiger partial charge in [0.25, 0.3) is 0 Å². The van der Waals surface area contributed by atoms with Crippen LogP contribution < -0.4 is 14.4 Å². The van der Waals surface area contributed by atoms with E-state index in [4.69, 9.17) is 4.74 Å². The first-order valence-corrected chi connectivity index (χ1v) is 10.5. The van der Waals surface area contributed by atoms with Crippen molar-refractivity contribution in [1.29, 1.82) is 0 Å². The number of amides is 1. The minimum atomic E-state index is -3.63. The molecule has 7 heteroatoms. The van der Waals surface area contributed by atoms with Crippen molar-refractivity contribution in [3.05, 3.63) is 53.6 Å². The number of fused-ring (bicyclic) bond motifs is 1. The maximum Gasteiger partial charge on any atom is 0.240 e. The number of sulfonamides is 1. The van der Waals surface area contributed by atoms with Crippen LogP contribution in [0.15, 0.2) is 47.4 Å². The SMILES string of the molecule is CC(=O)N1CCCc2cc(S(=O)(=O)NCCOc3ccc(C)cc3)ccc21. The molecule has 0 saturated heterocycles. The van der Waals surface area contributed by atoms with Crippen LogP contribution >= 0.6 is 0 Å². The van der Waals surface area contributed by atoms with Crippen LogP contribution in [0.1, 0.15) is 24.5 Å². The van der Waals surface area contributed by atoms with Gasteiger partial charge in [0, 0.05) is 25.7 Å². The molecular formula is C20H24N2O4S. The lowest BCUT2D eigenvalue weighted by Crippen LogP contribution is -2.34. The summed E-state index contributed by atoms with van der Waals surface area (Å²) >= 11 is 0. The van der Waals surface area contributed by atoms with Crippen molar-refractivity contribution < 1.29 is 17.9 Å². The van der Waals surface area contributed by atoms with Crippen molar-refractivity contribution in [2.45, 2.75) is 31.6 Å². The Morgan fingerprint density at radius 2 is 1.93 bits per heavy atom. The molecule has 27 heavy (non-hydrogen) atoms. The summed E-state index contributed by atoms with van der Waals surface area (Å²) in [6.07, 6.45) is 1.59. The highest BCUT2D eigenvalue weighted by atomic mass is 32.2. The quantitative estimate of drug-likeness (QED) is 0.772. The van der Waals surface area contributed by atoms with E-state index in [1.54, 1.807) is 23.1 Å². The normalized spacial score (nSPS) is 13.9. The number of nitrogens with zero attached hydrogens (tertiary/aromatic N) is 1. The number of anilines is 1. The van der Waals surface area contributed by atoms with E-state index in [-0.39, 0.29) is 24.0 Å². The van der Waals surface area contributed by atoms with Crippen LogP contribution in [0.3, 0.4) is 0 Å². The number of nitrogens with one attached hydrogen (secondary N) is 1. The molecule has 0 unspecified atom stereocenters. The van der Waals surface area contributed by atoms with E-state index in [1.165, 1.54) is 6.92 Å². The van der Waals surface area contributed by atoms with E-state index in [0.29, 0.717) is 12.3 Å². The van der Waals surface area contributed by atoms with Crippen molar-refractivity contribution in [2.24, 2.45) is 0 Å². The molecule has 0 bridgehead atoms. The summed E-state index contributed by atoms with van der Waals surface area (Å²) in [5.41, 5.74) is 2.82. The van der Waals surface area contributed by atoms with Crippen LogP contribution in [0, 0.1) is 6.92 Å². The first kappa shape index (κ1) is 19.4. The van der Waals surface area contributed by atoms with Crippen LogP contribution in [0.25, 0.3) is 0 Å². The first-order chi connectivity index (χ1) is 12.9. The number of benzene rings is 2. The van der Waals surface area contributed by atoms with Gasteiger partial charge in [-0.05, 0) is 55.7 Å². The van der Waals surface area contributed by atoms with Gasteiger partial charge in [-0.25, -0.2) is 13.1 Å². The van der Waals surface area contributed by atoms with Crippen molar-refractivity contribution >= 4 is 21.6 Å². The lowest BCUT2D eigenvalue weighted by Gasteiger charge is -2.28. The zero-order valence-electron chi connectivity index (χ0n) is 15.6. The van der Waals surface area contributed by atoms with Gasteiger partial charge in [0.05, 0.1) is 4.90 Å². The van der Waals surface area contributed by atoms with Gasteiger partial charge in [-0.1, -0.05) is 17.7 Å². The largest absolute Gasteiger partial charge is 0.492 e. The second-order valence-electron chi connectivity index (χ2n) is 6.62. The Balaban J connectivity index is 1.63. The lowest BCUT2D eigenvalue weighted by atomic mass is 10.0. The highest BCUT2D eigenvalue weighted by Gasteiger charge is 2.22. The summed E-state index contributed by atoms with van der Waals surface area (Å²) in [4.78, 5) is 13.6. The number of carbonyl (C=O) groups excluding carboxylic acids is 1. The highest BCUT2D eigenvalue weighted by Crippen LogP contribution is 2.29. The van der Waals surface area contributed by atoms with Gasteiger partial charge >= 0.3 is 0 Å². The smallest absolute Gasteiger partial charge is 0.240 e. The third-order valence-corrected chi connectivity index (χ3v) is 6.00. The van der Waals surface area contributed by atoms with E-state index in [1.807, 2.05) is 31.2 Å². The zero-order valence-corrected chi connectivity index (χ0v) is 16.4. The summed E-state index contributed by atoms with van der Waals surface area (Å²) in [6.45, 7) is 4.60. The molecule has 1 aliphatic heterocycles. The molecule has 0 radical (unpaired) electrons. The fourth-order valence-electron chi connectivity index (χ4n) is 3.13. The van der Waals surface area contributed by atoms with E-state index in [0.717, 1.165) is 29.7 Å². The standard InChI is InChI=1S/C20H24N2O4S/c1-15-5-7-18(8-6-15)26-13-11-21-27(24,25)19-9-10-20-17(14-19)4-3-12-22(20)16(2)23/h5-10,14,21H,3-4,11-13H2,1-2H3. The Morgan fingerprint density at radius 3 is 2.63 bits per heavy atom. The third-order valence-electron chi connectivity index (χ3n) is 4.54. The van der Waals surface area contributed by atoms with Gasteiger partial charge in [0.1, 0.15) is 12.4 Å². The third kappa shape index (κ3) is 4.67. The summed E-state index contributed by atoms with van der Waals surface area (Å²) in [5, 5.41) is 0. The van der Waals surface area contributed by atoms with Crippen LogP contribution in [0.4, 0.5) is 5.69 Å². The van der Waals surface area contributed by atoms with Crippen LogP contribution in [-0.4, -0.2) is 34.0 Å². The zero-order chi connectivity index (χ0) is 19.4. The van der Waals surface area contributed by atoms with Gasteiger partial charge in [-0.15, -0.1) is 0 Å². The average Bonchev–Trinajstić information content (AvgIpc) is 2.65. The second kappa shape index (κ2) is 8.10. The van der Waals surface area contributed by atoms with E-state index in [2.05, 4.69) is 4.72 Å². The molecule has 144 valence electrons. The molecule has 0 atom stereocenters. The molecule has 6 nitrogen and oxygen atoms in total. The maximum atomic E-state index is 12.5. The number of hydrogen-bond donors (Lipinski definition) is 1. The summed E-state index contributed by atoms with van der Waals surface area (Å²) in [7, 11) is -3.63. The number of rotatable bonds is 6. The number of hydrogen-bond acceptors (Lipinski definition) is 4. The van der Waals surface area contributed by atoms with Crippen LogP contribution in [0.5, 0.6) is 5.75 Å². The van der Waals surface area contributed by atoms with E-state index >= 15 is 0 Å². The topological polar surface area (TPSA) is 75.7 Å². The minimum Gasteiger partial charge on any atom is -0.492 e. The Morgan fingerprint density at radius 1 is 1.19 bits per heavy atom. The second-order valence-corrected chi connectivity index (χ2v) is 8.39. The Kier molecular flexibility index (Phi) is 5.82. The fourth-order valence-corrected chi connectivity index (χ4v) is 4.19. The van der Waals surface area contributed by atoms with Crippen molar-refractivity contribution in [3.63, 3.8) is 0 Å². The predicted octanol–water partition coefficient (Wildman–Crippen LogP) is 2.65. The molecule has 1 heterocycles. The summed E-state index contributed by atoms with van der Waals surface area (Å²) in [5.74, 6) is 0.677. The predicted molar refractivity (Wildman–Crippen MR) is 105 cm³/mol. The molecule has 0 spiro atoms. The minimum absolute atomic E-state index is 0.0297. The van der Waals surface area contributed by atoms with Crippen molar-refractivity contribution in [1.82, 2.24) is 4.72 Å². The van der Waals surface area contributed by atoms with Gasteiger partial charge in [-0.3, -0.25) is 4.79 Å². The van der Waals surface area contributed by atoms with E-state index < -0.39 is 10.0 Å². The van der Waals surface area contributed by atoms with Crippen molar-refractivity contribution in [2.75, 3.05) is 24.6 Å². The molecule has 2 aromatic carbocycles. The molecule has 1 N–H and O–H groups in total. The number of ether oxygens (including phenoxy) is 1. The average molecular weight is 388 g/mol. The molecule has 0 fully saturated rings. The monoisotopic (exact) mass is 388 g/mol.